The van der Waals surface area contributed by atoms with E-state index >= 15 is 0 Å². The summed E-state index contributed by atoms with van der Waals surface area (Å²) >= 11 is 0. The highest BCUT2D eigenvalue weighted by Gasteiger charge is 2.04. The largest absolute Gasteiger partial charge is 0.489 e. The number of nitrogens with one attached hydrogen (secondary N) is 2. The molecule has 1 aromatic rings. The first-order chi connectivity index (χ1) is 9.76. The first kappa shape index (κ1) is 16.3. The van der Waals surface area contributed by atoms with Gasteiger partial charge in [-0.15, -0.1) is 0 Å². The van der Waals surface area contributed by atoms with Gasteiger partial charge in [-0.25, -0.2) is 4.99 Å². The maximum absolute atomic E-state index is 5.78. The molecule has 1 aromatic carbocycles. The van der Waals surface area contributed by atoms with Crippen molar-refractivity contribution in [2.24, 2.45) is 4.99 Å². The highest BCUT2D eigenvalue weighted by atomic mass is 16.5. The van der Waals surface area contributed by atoms with Crippen LogP contribution in [0.4, 0.5) is 0 Å². The number of rotatable bonds is 8. The molecule has 0 aliphatic heterocycles. The Morgan fingerprint density at radius 1 is 1.25 bits per heavy atom. The summed E-state index contributed by atoms with van der Waals surface area (Å²) in [5.74, 6) is 1.65. The number of methoxy groups -OCH3 is 1. The molecule has 112 valence electrons. The predicted octanol–water partition coefficient (Wildman–Crippen LogP) is 1.66. The lowest BCUT2D eigenvalue weighted by atomic mass is 10.3. The monoisotopic (exact) mass is 279 g/mol. The molecule has 5 nitrogen and oxygen atoms in total. The van der Waals surface area contributed by atoms with Crippen LogP contribution in [0.2, 0.25) is 0 Å². The third kappa shape index (κ3) is 6.99. The number of aliphatic imine (C=N–C) groups is 1. The number of ether oxygens (including phenoxy) is 2. The Hall–Kier alpha value is -1.75. The van der Waals surface area contributed by atoms with E-state index < -0.39 is 0 Å². The van der Waals surface area contributed by atoms with Crippen LogP contribution < -0.4 is 15.4 Å². The van der Waals surface area contributed by atoms with Gasteiger partial charge < -0.3 is 20.1 Å². The van der Waals surface area contributed by atoms with Crippen LogP contribution >= 0.6 is 0 Å². The van der Waals surface area contributed by atoms with E-state index in [1.165, 1.54) is 0 Å². The fourth-order valence-electron chi connectivity index (χ4n) is 1.60. The lowest BCUT2D eigenvalue weighted by molar-refractivity contribution is 0.203. The van der Waals surface area contributed by atoms with E-state index in [2.05, 4.69) is 15.6 Å². The van der Waals surface area contributed by atoms with Crippen molar-refractivity contribution >= 4 is 5.96 Å². The molecule has 0 aliphatic rings. The van der Waals surface area contributed by atoms with Crippen molar-refractivity contribution < 1.29 is 9.47 Å². The molecule has 0 bridgehead atoms. The average molecular weight is 279 g/mol. The van der Waals surface area contributed by atoms with Crippen LogP contribution in [0.1, 0.15) is 13.8 Å². The zero-order valence-electron chi connectivity index (χ0n) is 12.6. The van der Waals surface area contributed by atoms with Gasteiger partial charge in [0, 0.05) is 20.2 Å². The molecule has 0 amide bonds. The molecular formula is C15H25N3O2. The van der Waals surface area contributed by atoms with Gasteiger partial charge in [0.2, 0.25) is 0 Å². The van der Waals surface area contributed by atoms with Gasteiger partial charge in [-0.2, -0.15) is 0 Å². The van der Waals surface area contributed by atoms with Crippen LogP contribution in [-0.4, -0.2) is 45.4 Å². The van der Waals surface area contributed by atoms with Crippen molar-refractivity contribution in [2.75, 3.05) is 33.4 Å². The van der Waals surface area contributed by atoms with E-state index in [4.69, 9.17) is 9.47 Å². The number of hydrogen-bond donors (Lipinski definition) is 2. The van der Waals surface area contributed by atoms with Gasteiger partial charge in [-0.1, -0.05) is 18.2 Å². The van der Waals surface area contributed by atoms with E-state index in [0.717, 1.165) is 24.8 Å². The first-order valence-electron chi connectivity index (χ1n) is 6.99. The van der Waals surface area contributed by atoms with Crippen LogP contribution in [0, 0.1) is 0 Å². The fraction of sp³-hybridized carbons (Fsp3) is 0.533. The third-order valence-corrected chi connectivity index (χ3v) is 2.53. The van der Waals surface area contributed by atoms with E-state index in [1.807, 2.05) is 44.2 Å². The number of guanidine groups is 1. The van der Waals surface area contributed by atoms with Crippen molar-refractivity contribution in [1.82, 2.24) is 10.6 Å². The average Bonchev–Trinajstić information content (AvgIpc) is 2.46. The second kappa shape index (κ2) is 10.1. The molecule has 0 fully saturated rings. The highest BCUT2D eigenvalue weighted by molar-refractivity contribution is 5.79. The lowest BCUT2D eigenvalue weighted by Crippen LogP contribution is -2.39. The summed E-state index contributed by atoms with van der Waals surface area (Å²) in [5.41, 5.74) is 0. The van der Waals surface area contributed by atoms with Crippen molar-refractivity contribution in [2.45, 2.75) is 20.0 Å². The molecule has 0 spiro atoms. The second-order valence-corrected chi connectivity index (χ2v) is 4.38. The predicted molar refractivity (Wildman–Crippen MR) is 82.4 cm³/mol. The minimum absolute atomic E-state index is 0.0234. The fourth-order valence-corrected chi connectivity index (χ4v) is 1.60. The molecular weight excluding hydrogens is 254 g/mol. The number of nitrogens with zero attached hydrogens (tertiary/aromatic N) is 1. The third-order valence-electron chi connectivity index (χ3n) is 2.53. The first-order valence-corrected chi connectivity index (χ1v) is 6.99. The van der Waals surface area contributed by atoms with Gasteiger partial charge in [0.15, 0.2) is 5.96 Å². The Kier molecular flexibility index (Phi) is 8.22. The van der Waals surface area contributed by atoms with Gasteiger partial charge >= 0.3 is 0 Å². The van der Waals surface area contributed by atoms with Crippen LogP contribution in [0.25, 0.3) is 0 Å². The molecule has 1 unspecified atom stereocenters. The summed E-state index contributed by atoms with van der Waals surface area (Å²) in [6.45, 7) is 6.85. The lowest BCUT2D eigenvalue weighted by Gasteiger charge is -2.15. The number of para-hydroxylation sites is 1. The number of hydrogen-bond acceptors (Lipinski definition) is 3. The van der Waals surface area contributed by atoms with Crippen LogP contribution in [0.5, 0.6) is 5.75 Å². The minimum Gasteiger partial charge on any atom is -0.489 e. The molecule has 1 rings (SSSR count). The molecule has 20 heavy (non-hydrogen) atoms. The molecule has 2 N–H and O–H groups in total. The standard InChI is InChI=1S/C15H25N3O2/c1-4-16-15(17-10-11-19-3)18-12-13(2)20-14-8-6-5-7-9-14/h5-9,13H,4,10-12H2,1-3H3,(H2,16,17,18). The summed E-state index contributed by atoms with van der Waals surface area (Å²) < 4.78 is 10.8. The smallest absolute Gasteiger partial charge is 0.191 e. The van der Waals surface area contributed by atoms with Crippen LogP contribution in [-0.2, 0) is 4.74 Å². The Bertz CT molecular complexity index is 382. The quantitative estimate of drug-likeness (QED) is 0.432. The Labute approximate surface area is 121 Å². The molecule has 5 heteroatoms. The van der Waals surface area contributed by atoms with Crippen molar-refractivity contribution in [1.29, 1.82) is 0 Å². The van der Waals surface area contributed by atoms with Gasteiger partial charge in [0.05, 0.1) is 13.2 Å². The maximum Gasteiger partial charge on any atom is 0.191 e. The summed E-state index contributed by atoms with van der Waals surface area (Å²) in [6, 6.07) is 9.78. The maximum atomic E-state index is 5.78. The highest BCUT2D eigenvalue weighted by Crippen LogP contribution is 2.10. The molecule has 0 heterocycles. The van der Waals surface area contributed by atoms with Crippen LogP contribution in [0.15, 0.2) is 35.3 Å². The Morgan fingerprint density at radius 3 is 2.65 bits per heavy atom. The zero-order valence-corrected chi connectivity index (χ0v) is 12.6. The number of benzene rings is 1. The van der Waals surface area contributed by atoms with Gasteiger partial charge in [-0.3, -0.25) is 0 Å². The topological polar surface area (TPSA) is 54.9 Å². The Balaban J connectivity index is 2.40. The van der Waals surface area contributed by atoms with Gasteiger partial charge in [-0.05, 0) is 26.0 Å². The molecule has 0 aromatic heterocycles. The van der Waals surface area contributed by atoms with Crippen molar-refractivity contribution in [3.8, 4) is 5.75 Å². The molecule has 0 saturated heterocycles. The summed E-state index contributed by atoms with van der Waals surface area (Å²) in [6.07, 6.45) is 0.0234. The minimum atomic E-state index is 0.0234. The van der Waals surface area contributed by atoms with Gasteiger partial charge in [0.25, 0.3) is 0 Å². The van der Waals surface area contributed by atoms with E-state index in [0.29, 0.717) is 13.2 Å². The van der Waals surface area contributed by atoms with Crippen molar-refractivity contribution in [3.05, 3.63) is 30.3 Å². The molecule has 0 aliphatic carbocycles. The molecule has 0 radical (unpaired) electrons. The van der Waals surface area contributed by atoms with E-state index in [9.17, 15) is 0 Å². The Morgan fingerprint density at radius 2 is 2.00 bits per heavy atom. The summed E-state index contributed by atoms with van der Waals surface area (Å²) in [4.78, 5) is 4.50. The summed E-state index contributed by atoms with van der Waals surface area (Å²) in [7, 11) is 1.68. The molecule has 1 atom stereocenters. The zero-order chi connectivity index (χ0) is 14.6. The van der Waals surface area contributed by atoms with Crippen LogP contribution in [0.3, 0.4) is 0 Å². The van der Waals surface area contributed by atoms with Crippen molar-refractivity contribution in [3.63, 3.8) is 0 Å². The van der Waals surface area contributed by atoms with E-state index in [1.54, 1.807) is 7.11 Å². The normalized spacial score (nSPS) is 12.8. The SMILES string of the molecule is CCNC(=NCC(C)Oc1ccccc1)NCCOC. The second-order valence-electron chi connectivity index (χ2n) is 4.38. The summed E-state index contributed by atoms with van der Waals surface area (Å²) in [5, 5.41) is 6.39. The van der Waals surface area contributed by atoms with Gasteiger partial charge in [0.1, 0.15) is 11.9 Å². The molecule has 0 saturated carbocycles. The van der Waals surface area contributed by atoms with E-state index in [-0.39, 0.29) is 6.10 Å².